The van der Waals surface area contributed by atoms with Crippen molar-refractivity contribution in [3.8, 4) is 0 Å². The van der Waals surface area contributed by atoms with Crippen molar-refractivity contribution in [2.75, 3.05) is 25.6 Å². The topological polar surface area (TPSA) is 181 Å². The van der Waals surface area contributed by atoms with Gasteiger partial charge in [-0.1, -0.05) is 115 Å². The second-order valence-electron chi connectivity index (χ2n) is 13.8. The molecule has 0 aliphatic carbocycles. The molecule has 0 bridgehead atoms. The number of H-pyrrole nitrogens is 1. The fraction of sp³-hybridized carbons (Fsp3) is 0.889. The molecule has 2 heterocycles. The summed E-state index contributed by atoms with van der Waals surface area (Å²) in [5, 5.41) is 4.09. The van der Waals surface area contributed by atoms with Gasteiger partial charge in [0.05, 0.1) is 31.5 Å². The zero-order chi connectivity index (χ0) is 37.3. The SMILES string of the molecule is CCCCCCCCCCCCCSC(CCCCCCC)C(C)OCCCOP(=O)([O-])OC[C@H]1O[C@@H](n2cc(C)c(=O)[nH]c2=O)C[C@@H]1N=[N+]=[N-].[Na+]. The van der Waals surface area contributed by atoms with Gasteiger partial charge < -0.3 is 23.4 Å². The summed E-state index contributed by atoms with van der Waals surface area (Å²) in [4.78, 5) is 41.6. The molecule has 0 spiro atoms. The largest absolute Gasteiger partial charge is 1.00 e. The summed E-state index contributed by atoms with van der Waals surface area (Å²) in [6.45, 7) is 7.96. The summed E-state index contributed by atoms with van der Waals surface area (Å²) in [7, 11) is -4.69. The second-order valence-corrected chi connectivity index (χ2v) is 16.5. The van der Waals surface area contributed by atoms with Crippen LogP contribution in [-0.2, 0) is 23.1 Å². The Kier molecular flexibility index (Phi) is 28.1. The predicted molar refractivity (Wildman–Crippen MR) is 203 cm³/mol. The molecule has 0 saturated carbocycles. The number of aromatic amines is 1. The third-order valence-electron chi connectivity index (χ3n) is 9.37. The smallest absolute Gasteiger partial charge is 0.756 e. The number of nitrogens with one attached hydrogen (secondary N) is 1. The molecule has 13 nitrogen and oxygen atoms in total. The summed E-state index contributed by atoms with van der Waals surface area (Å²) in [6, 6.07) is -0.790. The molecule has 1 aromatic rings. The Morgan fingerprint density at radius 3 is 2.19 bits per heavy atom. The number of rotatable bonds is 31. The molecular formula is C36H65N5NaO8PS. The van der Waals surface area contributed by atoms with Crippen LogP contribution in [0.4, 0.5) is 0 Å². The standard InChI is InChI=1S/C36H66N5O8PS.Na/c1-5-7-9-11-12-13-14-15-16-18-20-25-51-33(22-19-17-10-8-6-2)30(4)46-23-21-24-47-50(44,45)48-28-32-31(39-40-37)26-34(49-32)41-27-29(3)35(42)38-36(41)43;/h27,30-34H,5-26,28H2,1-4H3,(H,44,45)(H,38,42,43);/q;+1/p-1/t30?,31-,32+,33?,34+;/m0./s1. The average Bonchev–Trinajstić information content (AvgIpc) is 3.50. The quantitative estimate of drug-likeness (QED) is 0.0240. The summed E-state index contributed by atoms with van der Waals surface area (Å²) < 4.78 is 35.8. The van der Waals surface area contributed by atoms with E-state index in [1.165, 1.54) is 113 Å². The molecule has 1 aliphatic heterocycles. The van der Waals surface area contributed by atoms with Gasteiger partial charge in [-0.05, 0) is 44.4 Å². The van der Waals surface area contributed by atoms with Crippen molar-refractivity contribution in [1.82, 2.24) is 9.55 Å². The Morgan fingerprint density at radius 2 is 1.58 bits per heavy atom. The molecule has 1 N–H and O–H groups in total. The maximum Gasteiger partial charge on any atom is 1.00 e. The van der Waals surface area contributed by atoms with Gasteiger partial charge in [-0.25, -0.2) is 4.79 Å². The molecule has 52 heavy (non-hydrogen) atoms. The number of azide groups is 1. The van der Waals surface area contributed by atoms with E-state index in [1.807, 2.05) is 11.8 Å². The number of unbranched alkanes of at least 4 members (excludes halogenated alkanes) is 14. The number of hydrogen-bond donors (Lipinski definition) is 1. The third kappa shape index (κ3) is 20.9. The molecule has 6 atom stereocenters. The molecule has 1 aromatic heterocycles. The Hall–Kier alpha value is -0.630. The number of aromatic nitrogens is 2. The first-order valence-electron chi connectivity index (χ1n) is 19.5. The molecule has 1 aliphatic rings. The van der Waals surface area contributed by atoms with Crippen LogP contribution < -0.4 is 45.7 Å². The number of nitrogens with zero attached hydrogens (tertiary/aromatic N) is 4. The van der Waals surface area contributed by atoms with Crippen LogP contribution in [-0.4, -0.2) is 58.6 Å². The maximum atomic E-state index is 12.5. The van der Waals surface area contributed by atoms with E-state index in [4.69, 9.17) is 24.1 Å². The normalized spacial score (nSPS) is 19.4. The minimum Gasteiger partial charge on any atom is -0.756 e. The van der Waals surface area contributed by atoms with Gasteiger partial charge in [-0.15, -0.1) is 0 Å². The van der Waals surface area contributed by atoms with E-state index >= 15 is 0 Å². The van der Waals surface area contributed by atoms with Crippen molar-refractivity contribution in [1.29, 1.82) is 0 Å². The van der Waals surface area contributed by atoms with Gasteiger partial charge in [0.1, 0.15) is 6.23 Å². The van der Waals surface area contributed by atoms with Gasteiger partial charge in [-0.3, -0.25) is 18.9 Å². The first-order valence-corrected chi connectivity index (χ1v) is 22.0. The first kappa shape index (κ1) is 49.4. The molecule has 16 heteroatoms. The van der Waals surface area contributed by atoms with Crippen LogP contribution in [0.3, 0.4) is 0 Å². The number of phosphoric acid groups is 1. The monoisotopic (exact) mass is 781 g/mol. The minimum absolute atomic E-state index is 0. The molecule has 294 valence electrons. The van der Waals surface area contributed by atoms with Gasteiger partial charge in [0.2, 0.25) is 0 Å². The number of hydrogen-bond acceptors (Lipinski definition) is 10. The second kappa shape index (κ2) is 29.6. The Morgan fingerprint density at radius 1 is 0.981 bits per heavy atom. The molecule has 0 amide bonds. The van der Waals surface area contributed by atoms with Crippen LogP contribution >= 0.6 is 19.6 Å². The van der Waals surface area contributed by atoms with Crippen molar-refractivity contribution in [3.05, 3.63) is 43.0 Å². The number of thioether (sulfide) groups is 1. The number of aryl methyl sites for hydroxylation is 1. The van der Waals surface area contributed by atoms with E-state index in [0.29, 0.717) is 23.8 Å². The molecule has 0 radical (unpaired) electrons. The van der Waals surface area contributed by atoms with Gasteiger partial charge >= 0.3 is 35.2 Å². The zero-order valence-electron chi connectivity index (χ0n) is 32.6. The first-order chi connectivity index (χ1) is 24.6. The Labute approximate surface area is 338 Å². The van der Waals surface area contributed by atoms with Crippen molar-refractivity contribution in [2.45, 2.75) is 179 Å². The van der Waals surface area contributed by atoms with Gasteiger partial charge in [-0.2, -0.15) is 11.8 Å². The number of phosphoric ester groups is 1. The van der Waals surface area contributed by atoms with Crippen LogP contribution in [0.1, 0.15) is 155 Å². The molecule has 3 unspecified atom stereocenters. The van der Waals surface area contributed by atoms with Crippen molar-refractivity contribution in [3.63, 3.8) is 0 Å². The fourth-order valence-corrected chi connectivity index (χ4v) is 8.35. The Bertz CT molecular complexity index is 1300. The van der Waals surface area contributed by atoms with Crippen LogP contribution in [0.25, 0.3) is 10.4 Å². The molecule has 1 saturated heterocycles. The number of ether oxygens (including phenoxy) is 2. The van der Waals surface area contributed by atoms with E-state index in [1.54, 1.807) is 6.92 Å². The van der Waals surface area contributed by atoms with Crippen LogP contribution in [0, 0.1) is 6.92 Å². The molecule has 0 aromatic carbocycles. The average molecular weight is 782 g/mol. The van der Waals surface area contributed by atoms with E-state index in [2.05, 4.69) is 35.8 Å². The Balaban J connectivity index is 0.0000135. The predicted octanol–water partition coefficient (Wildman–Crippen LogP) is 5.89. The van der Waals surface area contributed by atoms with E-state index in [0.717, 1.165) is 12.2 Å². The molecule has 1 fully saturated rings. The van der Waals surface area contributed by atoms with E-state index < -0.39 is 44.1 Å². The summed E-state index contributed by atoms with van der Waals surface area (Å²) in [6.07, 6.45) is 22.1. The van der Waals surface area contributed by atoms with Crippen LogP contribution in [0.5, 0.6) is 0 Å². The van der Waals surface area contributed by atoms with Gasteiger partial charge in [0, 0.05) is 34.9 Å². The minimum atomic E-state index is -4.69. The third-order valence-corrected chi connectivity index (χ3v) is 11.9. The van der Waals surface area contributed by atoms with E-state index in [-0.39, 0.29) is 48.7 Å². The molecule has 2 rings (SSSR count). The van der Waals surface area contributed by atoms with Gasteiger partial charge in [0.25, 0.3) is 13.4 Å². The maximum absolute atomic E-state index is 12.5. The molecular weight excluding hydrogens is 716 g/mol. The van der Waals surface area contributed by atoms with Crippen molar-refractivity contribution >= 4 is 19.6 Å². The zero-order valence-corrected chi connectivity index (χ0v) is 36.3. The van der Waals surface area contributed by atoms with Crippen LogP contribution in [0.2, 0.25) is 0 Å². The summed E-state index contributed by atoms with van der Waals surface area (Å²) >= 11 is 2.02. The fourth-order valence-electron chi connectivity index (χ4n) is 6.24. The van der Waals surface area contributed by atoms with E-state index in [9.17, 15) is 19.0 Å². The van der Waals surface area contributed by atoms with Crippen molar-refractivity contribution < 1.29 is 57.5 Å². The van der Waals surface area contributed by atoms with Crippen molar-refractivity contribution in [2.24, 2.45) is 5.11 Å². The van der Waals surface area contributed by atoms with Crippen LogP contribution in [0.15, 0.2) is 20.9 Å². The summed E-state index contributed by atoms with van der Waals surface area (Å²) in [5.74, 6) is 1.14. The summed E-state index contributed by atoms with van der Waals surface area (Å²) in [5.41, 5.74) is 8.08. The van der Waals surface area contributed by atoms with Gasteiger partial charge in [0.15, 0.2) is 0 Å².